The van der Waals surface area contributed by atoms with Gasteiger partial charge in [-0.05, 0) is 19.2 Å². The van der Waals surface area contributed by atoms with Crippen molar-refractivity contribution in [2.45, 2.75) is 25.9 Å². The Bertz CT molecular complexity index is 350. The number of nitrogens with two attached hydrogens (primary N) is 1. The summed E-state index contributed by atoms with van der Waals surface area (Å²) in [6.07, 6.45) is 0. The molecule has 16 heavy (non-hydrogen) atoms. The molecule has 2 N–H and O–H groups in total. The average molecular weight is 220 g/mol. The predicted octanol–water partition coefficient (Wildman–Crippen LogP) is 1.79. The van der Waals surface area contributed by atoms with Crippen molar-refractivity contribution in [3.05, 3.63) is 29.8 Å². The van der Waals surface area contributed by atoms with E-state index in [-0.39, 0.29) is 6.04 Å². The molecule has 2 atom stereocenters. The fourth-order valence-electron chi connectivity index (χ4n) is 2.40. The number of para-hydroxylation sites is 1. The van der Waals surface area contributed by atoms with E-state index in [4.69, 9.17) is 10.5 Å². The van der Waals surface area contributed by atoms with Crippen LogP contribution in [0.5, 0.6) is 5.75 Å². The molecule has 0 spiro atoms. The van der Waals surface area contributed by atoms with Crippen molar-refractivity contribution in [1.29, 1.82) is 0 Å². The first-order valence-electron chi connectivity index (χ1n) is 5.99. The first-order valence-corrected chi connectivity index (χ1v) is 5.99. The Labute approximate surface area is 97.2 Å². The minimum Gasteiger partial charge on any atom is -0.492 e. The molecule has 3 nitrogen and oxygen atoms in total. The van der Waals surface area contributed by atoms with E-state index in [1.807, 2.05) is 18.2 Å². The topological polar surface area (TPSA) is 38.5 Å². The summed E-state index contributed by atoms with van der Waals surface area (Å²) in [5.74, 6) is 0.943. The first kappa shape index (κ1) is 11.4. The summed E-state index contributed by atoms with van der Waals surface area (Å²) in [6, 6.07) is 8.42. The molecule has 0 radical (unpaired) electrons. The van der Waals surface area contributed by atoms with Crippen LogP contribution < -0.4 is 10.5 Å². The number of hydrogen-bond donors (Lipinski definition) is 1. The van der Waals surface area contributed by atoms with Crippen molar-refractivity contribution in [1.82, 2.24) is 4.90 Å². The molecular formula is C13H20N2O. The summed E-state index contributed by atoms with van der Waals surface area (Å²) in [6.45, 7) is 7.05. The maximum absolute atomic E-state index is 6.32. The van der Waals surface area contributed by atoms with Crippen LogP contribution in [-0.4, -0.2) is 30.6 Å². The molecule has 2 rings (SSSR count). The van der Waals surface area contributed by atoms with Crippen molar-refractivity contribution in [2.75, 3.05) is 19.7 Å². The largest absolute Gasteiger partial charge is 0.492 e. The molecule has 88 valence electrons. The van der Waals surface area contributed by atoms with Crippen molar-refractivity contribution < 1.29 is 4.74 Å². The summed E-state index contributed by atoms with van der Waals surface area (Å²) in [5.41, 5.74) is 7.45. The highest BCUT2D eigenvalue weighted by atomic mass is 16.5. The molecule has 1 aromatic rings. The lowest BCUT2D eigenvalue weighted by atomic mass is 9.96. The maximum Gasteiger partial charge on any atom is 0.124 e. The van der Waals surface area contributed by atoms with Gasteiger partial charge in [0.25, 0.3) is 0 Å². The summed E-state index contributed by atoms with van der Waals surface area (Å²) in [4.78, 5) is 2.36. The lowest BCUT2D eigenvalue weighted by molar-refractivity contribution is 0.107. The molecule has 1 aliphatic rings. The van der Waals surface area contributed by atoms with Crippen molar-refractivity contribution in [2.24, 2.45) is 5.73 Å². The number of benzene rings is 1. The van der Waals surface area contributed by atoms with Gasteiger partial charge in [0.15, 0.2) is 0 Å². The average Bonchev–Trinajstić information content (AvgIpc) is 2.34. The van der Waals surface area contributed by atoms with Gasteiger partial charge in [0.2, 0.25) is 0 Å². The molecule has 2 unspecified atom stereocenters. The van der Waals surface area contributed by atoms with Gasteiger partial charge in [0, 0.05) is 5.56 Å². The third-order valence-electron chi connectivity index (χ3n) is 3.38. The van der Waals surface area contributed by atoms with Crippen LogP contribution in [0.25, 0.3) is 0 Å². The van der Waals surface area contributed by atoms with Crippen LogP contribution in [0.1, 0.15) is 25.5 Å². The van der Waals surface area contributed by atoms with Crippen LogP contribution in [0.3, 0.4) is 0 Å². The van der Waals surface area contributed by atoms with E-state index in [9.17, 15) is 0 Å². The quantitative estimate of drug-likeness (QED) is 0.844. The molecule has 1 heterocycles. The molecule has 0 fully saturated rings. The zero-order valence-electron chi connectivity index (χ0n) is 10.0. The SMILES string of the molecule is CCN(CC)C1COc2ccccc2C1N. The summed E-state index contributed by atoms with van der Waals surface area (Å²) >= 11 is 0. The molecular weight excluding hydrogens is 200 g/mol. The third kappa shape index (κ3) is 1.93. The minimum atomic E-state index is 0.0600. The van der Waals surface area contributed by atoms with Gasteiger partial charge in [-0.3, -0.25) is 4.90 Å². The standard InChI is InChI=1S/C13H20N2O/c1-3-15(4-2)11-9-16-12-8-6-5-7-10(12)13(11)14/h5-8,11,13H,3-4,9,14H2,1-2H3. The Balaban J connectivity index is 2.23. The van der Waals surface area contributed by atoms with E-state index >= 15 is 0 Å². The molecule has 0 aliphatic carbocycles. The fourth-order valence-corrected chi connectivity index (χ4v) is 2.40. The van der Waals surface area contributed by atoms with Gasteiger partial charge in [-0.2, -0.15) is 0 Å². The Morgan fingerprint density at radius 1 is 1.31 bits per heavy atom. The fraction of sp³-hybridized carbons (Fsp3) is 0.538. The normalized spacial score (nSPS) is 24.0. The van der Waals surface area contributed by atoms with Gasteiger partial charge >= 0.3 is 0 Å². The highest BCUT2D eigenvalue weighted by Crippen LogP contribution is 2.32. The van der Waals surface area contributed by atoms with Crippen molar-refractivity contribution in [3.8, 4) is 5.75 Å². The van der Waals surface area contributed by atoms with Crippen LogP contribution in [0.15, 0.2) is 24.3 Å². The Morgan fingerprint density at radius 3 is 2.69 bits per heavy atom. The molecule has 0 bridgehead atoms. The lowest BCUT2D eigenvalue weighted by Crippen LogP contribution is -2.48. The zero-order valence-corrected chi connectivity index (χ0v) is 10.0. The van der Waals surface area contributed by atoms with Crippen LogP contribution >= 0.6 is 0 Å². The zero-order chi connectivity index (χ0) is 11.5. The summed E-state index contributed by atoms with van der Waals surface area (Å²) in [5, 5.41) is 0. The molecule has 1 aliphatic heterocycles. The number of fused-ring (bicyclic) bond motifs is 1. The maximum atomic E-state index is 6.32. The van der Waals surface area contributed by atoms with Crippen molar-refractivity contribution >= 4 is 0 Å². The van der Waals surface area contributed by atoms with E-state index in [1.165, 1.54) is 0 Å². The second-order valence-corrected chi connectivity index (χ2v) is 4.16. The van der Waals surface area contributed by atoms with E-state index in [1.54, 1.807) is 0 Å². The molecule has 0 saturated heterocycles. The summed E-state index contributed by atoms with van der Waals surface area (Å²) in [7, 11) is 0. The smallest absolute Gasteiger partial charge is 0.124 e. The number of hydrogen-bond acceptors (Lipinski definition) is 3. The van der Waals surface area contributed by atoms with E-state index in [0.29, 0.717) is 12.6 Å². The third-order valence-corrected chi connectivity index (χ3v) is 3.38. The number of nitrogens with zero attached hydrogens (tertiary/aromatic N) is 1. The van der Waals surface area contributed by atoms with E-state index in [0.717, 1.165) is 24.4 Å². The van der Waals surface area contributed by atoms with Gasteiger partial charge in [-0.1, -0.05) is 32.0 Å². The van der Waals surface area contributed by atoms with Gasteiger partial charge in [0.05, 0.1) is 12.1 Å². The van der Waals surface area contributed by atoms with E-state index < -0.39 is 0 Å². The van der Waals surface area contributed by atoms with Gasteiger partial charge < -0.3 is 10.5 Å². The van der Waals surface area contributed by atoms with Gasteiger partial charge in [0.1, 0.15) is 12.4 Å². The second kappa shape index (κ2) is 4.85. The Morgan fingerprint density at radius 2 is 2.00 bits per heavy atom. The number of likely N-dealkylation sites (N-methyl/N-ethyl adjacent to an activating group) is 1. The van der Waals surface area contributed by atoms with Crippen molar-refractivity contribution in [3.63, 3.8) is 0 Å². The number of rotatable bonds is 3. The summed E-state index contributed by atoms with van der Waals surface area (Å²) < 4.78 is 5.77. The predicted molar refractivity (Wildman–Crippen MR) is 65.6 cm³/mol. The molecule has 1 aromatic carbocycles. The number of ether oxygens (including phenoxy) is 1. The highest BCUT2D eigenvalue weighted by molar-refractivity contribution is 5.38. The van der Waals surface area contributed by atoms with Crippen LogP contribution in [0.4, 0.5) is 0 Å². The minimum absolute atomic E-state index is 0.0600. The van der Waals surface area contributed by atoms with Crippen LogP contribution in [-0.2, 0) is 0 Å². The molecule has 0 aromatic heterocycles. The molecule has 0 amide bonds. The Hall–Kier alpha value is -1.06. The Kier molecular flexibility index (Phi) is 3.46. The molecule has 0 saturated carbocycles. The first-order chi connectivity index (χ1) is 7.77. The lowest BCUT2D eigenvalue weighted by Gasteiger charge is -2.38. The second-order valence-electron chi connectivity index (χ2n) is 4.16. The van der Waals surface area contributed by atoms with Crippen LogP contribution in [0.2, 0.25) is 0 Å². The monoisotopic (exact) mass is 220 g/mol. The van der Waals surface area contributed by atoms with Gasteiger partial charge in [-0.25, -0.2) is 0 Å². The van der Waals surface area contributed by atoms with Gasteiger partial charge in [-0.15, -0.1) is 0 Å². The van der Waals surface area contributed by atoms with E-state index in [2.05, 4.69) is 24.8 Å². The molecule has 3 heteroatoms. The highest BCUT2D eigenvalue weighted by Gasteiger charge is 2.30. The van der Waals surface area contributed by atoms with Crippen LogP contribution in [0, 0.1) is 0 Å².